The van der Waals surface area contributed by atoms with E-state index in [1.54, 1.807) is 0 Å². The molecule has 4 aliphatic rings. The smallest absolute Gasteiger partial charge is 0.407 e. The van der Waals surface area contributed by atoms with Gasteiger partial charge < -0.3 is 44.6 Å². The summed E-state index contributed by atoms with van der Waals surface area (Å²) in [5, 5.41) is 6.55. The van der Waals surface area contributed by atoms with Gasteiger partial charge >= 0.3 is 12.2 Å². The number of nitrogens with zero attached hydrogens (tertiary/aromatic N) is 5. The number of rotatable bonds is 10. The van der Waals surface area contributed by atoms with Gasteiger partial charge in [0.05, 0.1) is 55.1 Å². The number of ether oxygens (including phenoxy) is 3. The largest absolute Gasteiger partial charge is 0.453 e. The van der Waals surface area contributed by atoms with Gasteiger partial charge in [-0.1, -0.05) is 38.1 Å². The zero-order valence-corrected chi connectivity index (χ0v) is 36.9. The predicted molar refractivity (Wildman–Crippen MR) is 239 cm³/mol. The van der Waals surface area contributed by atoms with Crippen molar-refractivity contribution in [2.75, 3.05) is 40.5 Å². The molecule has 4 unspecified atom stereocenters. The van der Waals surface area contributed by atoms with Crippen LogP contribution < -0.4 is 10.6 Å². The van der Waals surface area contributed by atoms with Crippen LogP contribution in [0.25, 0.3) is 44.7 Å². The number of aryl methyl sites for hydroxylation is 2. The van der Waals surface area contributed by atoms with Crippen molar-refractivity contribution in [1.82, 2.24) is 45.4 Å². The quantitative estimate of drug-likeness (QED) is 0.113. The van der Waals surface area contributed by atoms with Crippen LogP contribution in [0.4, 0.5) is 9.59 Å². The normalized spacial score (nSPS) is 19.8. The van der Waals surface area contributed by atoms with Crippen molar-refractivity contribution in [2.45, 2.75) is 95.8 Å². The van der Waals surface area contributed by atoms with Crippen molar-refractivity contribution in [3.63, 3.8) is 0 Å². The van der Waals surface area contributed by atoms with E-state index in [1.807, 2.05) is 42.0 Å². The van der Waals surface area contributed by atoms with Gasteiger partial charge in [-0.25, -0.2) is 24.5 Å². The molecule has 64 heavy (non-hydrogen) atoms. The molecule has 3 aliphatic heterocycles. The number of aromatic amines is 2. The van der Waals surface area contributed by atoms with Gasteiger partial charge in [0.25, 0.3) is 0 Å². The van der Waals surface area contributed by atoms with Gasteiger partial charge in [-0.05, 0) is 99.5 Å². The Morgan fingerprint density at radius 3 is 2.23 bits per heavy atom. The molecular weight excluding hydrogens is 815 g/mol. The fourth-order valence-electron chi connectivity index (χ4n) is 10.0. The standard InChI is InChI=1S/C48H57N9O7/c1-27(2)40(54-47(60)62-3)45(58)57-21-7-11-39(57)44-51-36-9-5-8-29-24-30(12-15-33(29)42(36)53-44)34-16-13-31-25-32(14-17-35(31)50-34)37-26-49-43(52-37)38-10-6-20-56(38)46(59)41(55-48(61)63-4)28-18-22-64-23-19-28/h12-17,24-28,38-41H,5-11,18-23H2,1-4H3,(H,49,52)(H,51,53)(H,54,60)(H,55,61). The Kier molecular flexibility index (Phi) is 12.4. The summed E-state index contributed by atoms with van der Waals surface area (Å²) in [5.74, 6) is 1.13. The minimum Gasteiger partial charge on any atom is -0.453 e. The maximum atomic E-state index is 14.0. The molecule has 336 valence electrons. The lowest BCUT2D eigenvalue weighted by atomic mass is 9.90. The average Bonchev–Trinajstić information content (AvgIpc) is 4.16. The first-order chi connectivity index (χ1) is 31.1. The number of hydrogen-bond donors (Lipinski definition) is 4. The highest BCUT2D eigenvalue weighted by atomic mass is 16.5. The minimum atomic E-state index is -0.691. The molecule has 16 nitrogen and oxygen atoms in total. The summed E-state index contributed by atoms with van der Waals surface area (Å²) in [6.07, 6.45) is 7.95. The summed E-state index contributed by atoms with van der Waals surface area (Å²) in [5.41, 5.74) is 8.92. The minimum absolute atomic E-state index is 0.0329. The van der Waals surface area contributed by atoms with Crippen LogP contribution >= 0.6 is 0 Å². The number of alkyl carbamates (subject to hydrolysis) is 2. The van der Waals surface area contributed by atoms with Crippen molar-refractivity contribution in [1.29, 1.82) is 0 Å². The van der Waals surface area contributed by atoms with Gasteiger partial charge in [-0.15, -0.1) is 0 Å². The number of carbonyl (C=O) groups excluding carboxylic acids is 4. The predicted octanol–water partition coefficient (Wildman–Crippen LogP) is 7.03. The summed E-state index contributed by atoms with van der Waals surface area (Å²) in [6.45, 7) is 6.14. The molecule has 4 atom stereocenters. The third kappa shape index (κ3) is 8.54. The molecular formula is C48H57N9O7. The third-order valence-electron chi connectivity index (χ3n) is 13.5. The second kappa shape index (κ2) is 18.4. The van der Waals surface area contributed by atoms with E-state index < -0.39 is 24.3 Å². The highest BCUT2D eigenvalue weighted by Crippen LogP contribution is 2.39. The number of fused-ring (bicyclic) bond motifs is 4. The van der Waals surface area contributed by atoms with Crippen LogP contribution in [0.15, 0.2) is 54.7 Å². The molecule has 3 fully saturated rings. The van der Waals surface area contributed by atoms with Crippen molar-refractivity contribution < 1.29 is 33.4 Å². The third-order valence-corrected chi connectivity index (χ3v) is 13.5. The van der Waals surface area contributed by atoms with Gasteiger partial charge in [-0.2, -0.15) is 0 Å². The van der Waals surface area contributed by atoms with E-state index in [0.29, 0.717) is 39.1 Å². The highest BCUT2D eigenvalue weighted by Gasteiger charge is 2.41. The maximum Gasteiger partial charge on any atom is 0.407 e. The first-order valence-electron chi connectivity index (χ1n) is 22.7. The van der Waals surface area contributed by atoms with E-state index in [4.69, 9.17) is 29.2 Å². The van der Waals surface area contributed by atoms with E-state index in [-0.39, 0.29) is 35.7 Å². The number of carbonyl (C=O) groups is 4. The van der Waals surface area contributed by atoms with Crippen molar-refractivity contribution in [2.24, 2.45) is 11.8 Å². The highest BCUT2D eigenvalue weighted by molar-refractivity contribution is 5.88. The van der Waals surface area contributed by atoms with E-state index in [9.17, 15) is 19.2 Å². The van der Waals surface area contributed by atoms with Gasteiger partial charge in [0, 0.05) is 54.1 Å². The summed E-state index contributed by atoms with van der Waals surface area (Å²) >= 11 is 0. The number of likely N-dealkylation sites (tertiary alicyclic amines) is 2. The first-order valence-corrected chi connectivity index (χ1v) is 22.7. The molecule has 2 aromatic carbocycles. The average molecular weight is 872 g/mol. The topological polar surface area (TPSA) is 197 Å². The molecule has 0 bridgehead atoms. The number of nitrogens with one attached hydrogen (secondary N) is 4. The van der Waals surface area contributed by atoms with Gasteiger partial charge in [0.1, 0.15) is 23.7 Å². The van der Waals surface area contributed by atoms with Crippen molar-refractivity contribution >= 4 is 34.9 Å². The SMILES string of the molecule is COC(=O)NC(C(=O)N1CCCC1c1nc2c([nH]1)CCCc1cc(-c3ccc4cc(-c5cnc(C6CCCN6C(=O)C(NC(=O)OC)C6CCOCC6)[nH]5)ccc4n3)ccc1-2)C(C)C. The van der Waals surface area contributed by atoms with Crippen LogP contribution in [0.1, 0.15) is 93.8 Å². The first kappa shape index (κ1) is 43.0. The Labute approximate surface area is 372 Å². The molecule has 0 saturated carbocycles. The Morgan fingerprint density at radius 1 is 0.766 bits per heavy atom. The van der Waals surface area contributed by atoms with Crippen LogP contribution in [0, 0.1) is 11.8 Å². The van der Waals surface area contributed by atoms with E-state index in [2.05, 4.69) is 57.0 Å². The summed E-state index contributed by atoms with van der Waals surface area (Å²) in [4.78, 5) is 78.1. The van der Waals surface area contributed by atoms with Crippen molar-refractivity contribution in [3.8, 4) is 33.8 Å². The van der Waals surface area contributed by atoms with E-state index >= 15 is 0 Å². The second-order valence-corrected chi connectivity index (χ2v) is 17.8. The number of hydrogen-bond acceptors (Lipinski definition) is 10. The summed E-state index contributed by atoms with van der Waals surface area (Å²) < 4.78 is 15.2. The van der Waals surface area contributed by atoms with Crippen LogP contribution in [-0.4, -0.2) is 111 Å². The lowest BCUT2D eigenvalue weighted by Crippen LogP contribution is -2.53. The van der Waals surface area contributed by atoms with Crippen LogP contribution in [0.5, 0.6) is 0 Å². The summed E-state index contributed by atoms with van der Waals surface area (Å²) in [6, 6.07) is 15.0. The fraction of sp³-hybridized carbons (Fsp3) is 0.479. The van der Waals surface area contributed by atoms with Gasteiger partial charge in [0.15, 0.2) is 0 Å². The lowest BCUT2D eigenvalue weighted by molar-refractivity contribution is -0.137. The Balaban J connectivity index is 0.910. The number of imidazole rings is 2. The van der Waals surface area contributed by atoms with E-state index in [1.165, 1.54) is 19.8 Å². The van der Waals surface area contributed by atoms with Crippen LogP contribution in [-0.2, 0) is 36.6 Å². The molecule has 3 aromatic heterocycles. The molecule has 16 heteroatoms. The monoisotopic (exact) mass is 871 g/mol. The molecule has 6 heterocycles. The molecule has 5 aromatic rings. The number of benzene rings is 2. The molecule has 9 rings (SSSR count). The molecule has 0 spiro atoms. The van der Waals surface area contributed by atoms with Crippen molar-refractivity contribution in [3.05, 3.63) is 77.6 Å². The molecule has 1 aliphatic carbocycles. The molecule has 4 N–H and O–H groups in total. The lowest BCUT2D eigenvalue weighted by Gasteiger charge is -2.34. The number of methoxy groups -OCH3 is 2. The zero-order chi connectivity index (χ0) is 44.5. The molecule has 3 saturated heterocycles. The Bertz CT molecular complexity index is 2550. The van der Waals surface area contributed by atoms with Crippen LogP contribution in [0.3, 0.4) is 0 Å². The Morgan fingerprint density at radius 2 is 1.48 bits per heavy atom. The fourth-order valence-corrected chi connectivity index (χ4v) is 10.0. The molecule has 0 radical (unpaired) electrons. The number of amides is 4. The Hall–Kier alpha value is -6.29. The number of aromatic nitrogens is 5. The second-order valence-electron chi connectivity index (χ2n) is 17.8. The molecule has 4 amide bonds. The summed E-state index contributed by atoms with van der Waals surface area (Å²) in [7, 11) is 2.61. The number of pyridine rings is 1. The van der Waals surface area contributed by atoms with E-state index in [0.717, 1.165) is 107 Å². The maximum absolute atomic E-state index is 14.0. The van der Waals surface area contributed by atoms with Gasteiger partial charge in [-0.3, -0.25) is 9.59 Å². The zero-order valence-electron chi connectivity index (χ0n) is 36.9. The van der Waals surface area contributed by atoms with Gasteiger partial charge in [0.2, 0.25) is 11.8 Å². The van der Waals surface area contributed by atoms with Crippen LogP contribution in [0.2, 0.25) is 0 Å². The number of H-pyrrole nitrogens is 2.